The summed E-state index contributed by atoms with van der Waals surface area (Å²) >= 11 is 0. The highest BCUT2D eigenvalue weighted by atomic mass is 14.8. The van der Waals surface area contributed by atoms with Crippen molar-refractivity contribution in [1.29, 1.82) is 0 Å². The molecule has 1 aromatic heterocycles. The Hall–Kier alpha value is -2.22. The van der Waals surface area contributed by atoms with Crippen LogP contribution >= 0.6 is 0 Å². The van der Waals surface area contributed by atoms with E-state index in [9.17, 15) is 0 Å². The first kappa shape index (κ1) is 9.97. The maximum Gasteiger partial charge on any atom is 0.0894 e. The predicted octanol–water partition coefficient (Wildman–Crippen LogP) is 3.61. The van der Waals surface area contributed by atoms with E-state index in [0.717, 1.165) is 22.3 Å². The molecule has 0 amide bonds. The molecule has 0 unspecified atom stereocenters. The van der Waals surface area contributed by atoms with E-state index >= 15 is 0 Å². The molecule has 0 radical (unpaired) electrons. The number of hydrogen-bond acceptors (Lipinski definition) is 2. The third kappa shape index (κ3) is 1.89. The molecule has 2 heteroatoms. The van der Waals surface area contributed by atoms with Gasteiger partial charge in [0.1, 0.15) is 0 Å². The maximum absolute atomic E-state index is 4.62. The summed E-state index contributed by atoms with van der Waals surface area (Å²) in [6.45, 7) is 2.06. The Kier molecular flexibility index (Phi) is 2.33. The SMILES string of the molecule is Cc1ccc2nc(-c3ccccc3)cnc2c1. The van der Waals surface area contributed by atoms with Crippen LogP contribution in [0.4, 0.5) is 0 Å². The van der Waals surface area contributed by atoms with Crippen molar-refractivity contribution in [3.63, 3.8) is 0 Å². The van der Waals surface area contributed by atoms with Gasteiger partial charge in [-0.05, 0) is 24.6 Å². The molecule has 1 heterocycles. The van der Waals surface area contributed by atoms with Crippen LogP contribution in [0.25, 0.3) is 22.3 Å². The van der Waals surface area contributed by atoms with Crippen molar-refractivity contribution in [2.24, 2.45) is 0 Å². The average Bonchev–Trinajstić information content (AvgIpc) is 2.39. The third-order valence-corrected chi connectivity index (χ3v) is 2.77. The highest BCUT2D eigenvalue weighted by molar-refractivity contribution is 5.77. The van der Waals surface area contributed by atoms with Crippen molar-refractivity contribution in [3.05, 3.63) is 60.3 Å². The fourth-order valence-electron chi connectivity index (χ4n) is 1.87. The quantitative estimate of drug-likeness (QED) is 0.626. The summed E-state index contributed by atoms with van der Waals surface area (Å²) in [5.41, 5.74) is 5.12. The fourth-order valence-corrected chi connectivity index (χ4v) is 1.87. The van der Waals surface area contributed by atoms with E-state index < -0.39 is 0 Å². The van der Waals surface area contributed by atoms with E-state index in [-0.39, 0.29) is 0 Å². The standard InChI is InChI=1S/C15H12N2/c1-11-7-8-13-14(9-11)16-10-15(17-13)12-5-3-2-4-6-12/h2-10H,1H3. The van der Waals surface area contributed by atoms with Gasteiger partial charge in [0.15, 0.2) is 0 Å². The molecule has 2 nitrogen and oxygen atoms in total. The molecule has 0 saturated heterocycles. The topological polar surface area (TPSA) is 25.8 Å². The zero-order chi connectivity index (χ0) is 11.7. The molecule has 0 aliphatic rings. The highest BCUT2D eigenvalue weighted by Gasteiger charge is 2.01. The molecule has 3 rings (SSSR count). The van der Waals surface area contributed by atoms with E-state index in [1.807, 2.05) is 42.6 Å². The molecule has 0 bridgehead atoms. The summed E-state index contributed by atoms with van der Waals surface area (Å²) in [5, 5.41) is 0. The van der Waals surface area contributed by atoms with Gasteiger partial charge in [0, 0.05) is 5.56 Å². The van der Waals surface area contributed by atoms with Gasteiger partial charge in [-0.2, -0.15) is 0 Å². The Bertz CT molecular complexity index is 660. The second-order valence-corrected chi connectivity index (χ2v) is 4.11. The lowest BCUT2D eigenvalue weighted by Crippen LogP contribution is -1.88. The largest absolute Gasteiger partial charge is 0.252 e. The molecule has 17 heavy (non-hydrogen) atoms. The predicted molar refractivity (Wildman–Crippen MR) is 69.7 cm³/mol. The van der Waals surface area contributed by atoms with Crippen LogP contribution in [0.5, 0.6) is 0 Å². The number of nitrogens with zero attached hydrogens (tertiary/aromatic N) is 2. The number of aromatic nitrogens is 2. The summed E-state index contributed by atoms with van der Waals surface area (Å²) in [4.78, 5) is 9.08. The molecule has 0 saturated carbocycles. The van der Waals surface area contributed by atoms with Crippen LogP contribution in [0.1, 0.15) is 5.56 Å². The van der Waals surface area contributed by atoms with E-state index in [1.165, 1.54) is 5.56 Å². The smallest absolute Gasteiger partial charge is 0.0894 e. The number of aryl methyl sites for hydroxylation is 1. The van der Waals surface area contributed by atoms with Crippen LogP contribution in [0, 0.1) is 6.92 Å². The van der Waals surface area contributed by atoms with Gasteiger partial charge in [0.05, 0.1) is 22.9 Å². The lowest BCUT2D eigenvalue weighted by Gasteiger charge is -2.02. The summed E-state index contributed by atoms with van der Waals surface area (Å²) < 4.78 is 0. The zero-order valence-corrected chi connectivity index (χ0v) is 9.59. The summed E-state index contributed by atoms with van der Waals surface area (Å²) in [7, 11) is 0. The second kappa shape index (κ2) is 3.98. The lowest BCUT2D eigenvalue weighted by molar-refractivity contribution is 1.28. The minimum atomic E-state index is 0.918. The van der Waals surface area contributed by atoms with Gasteiger partial charge in [-0.25, -0.2) is 4.98 Å². The molecule has 0 aliphatic heterocycles. The van der Waals surface area contributed by atoms with Gasteiger partial charge in [-0.15, -0.1) is 0 Å². The van der Waals surface area contributed by atoms with Crippen molar-refractivity contribution in [1.82, 2.24) is 9.97 Å². The van der Waals surface area contributed by atoms with Crippen LogP contribution in [0.15, 0.2) is 54.7 Å². The van der Waals surface area contributed by atoms with Gasteiger partial charge in [0.25, 0.3) is 0 Å². The van der Waals surface area contributed by atoms with Crippen LogP contribution in [0.3, 0.4) is 0 Å². The van der Waals surface area contributed by atoms with Gasteiger partial charge in [-0.3, -0.25) is 4.98 Å². The molecular weight excluding hydrogens is 208 g/mol. The Morgan fingerprint density at radius 3 is 2.53 bits per heavy atom. The van der Waals surface area contributed by atoms with E-state index in [1.54, 1.807) is 0 Å². The van der Waals surface area contributed by atoms with Crippen LogP contribution in [-0.4, -0.2) is 9.97 Å². The van der Waals surface area contributed by atoms with Gasteiger partial charge in [0.2, 0.25) is 0 Å². The lowest BCUT2D eigenvalue weighted by atomic mass is 10.1. The molecule has 82 valence electrons. The second-order valence-electron chi connectivity index (χ2n) is 4.11. The number of benzene rings is 2. The zero-order valence-electron chi connectivity index (χ0n) is 9.59. The molecule has 2 aromatic carbocycles. The number of fused-ring (bicyclic) bond motifs is 1. The van der Waals surface area contributed by atoms with E-state index in [2.05, 4.69) is 29.0 Å². The minimum Gasteiger partial charge on any atom is -0.252 e. The first-order valence-corrected chi connectivity index (χ1v) is 5.62. The Morgan fingerprint density at radius 1 is 0.882 bits per heavy atom. The summed E-state index contributed by atoms with van der Waals surface area (Å²) in [6, 6.07) is 16.2. The van der Waals surface area contributed by atoms with Gasteiger partial charge in [-0.1, -0.05) is 36.4 Å². The Morgan fingerprint density at radius 2 is 1.71 bits per heavy atom. The molecular formula is C15H12N2. The summed E-state index contributed by atoms with van der Waals surface area (Å²) in [5.74, 6) is 0. The van der Waals surface area contributed by atoms with Crippen molar-refractivity contribution >= 4 is 11.0 Å². The molecule has 0 spiro atoms. The number of hydrogen-bond donors (Lipinski definition) is 0. The normalized spacial score (nSPS) is 10.6. The third-order valence-electron chi connectivity index (χ3n) is 2.77. The Balaban J connectivity index is 2.17. The van der Waals surface area contributed by atoms with E-state index in [4.69, 9.17) is 0 Å². The number of rotatable bonds is 1. The van der Waals surface area contributed by atoms with Crippen LogP contribution < -0.4 is 0 Å². The molecule has 0 fully saturated rings. The van der Waals surface area contributed by atoms with Gasteiger partial charge >= 0.3 is 0 Å². The van der Waals surface area contributed by atoms with Crippen molar-refractivity contribution in [3.8, 4) is 11.3 Å². The van der Waals surface area contributed by atoms with E-state index in [0.29, 0.717) is 0 Å². The van der Waals surface area contributed by atoms with Crippen LogP contribution in [-0.2, 0) is 0 Å². The van der Waals surface area contributed by atoms with Crippen molar-refractivity contribution in [2.45, 2.75) is 6.92 Å². The molecule has 3 aromatic rings. The Labute approximate surface area is 100.0 Å². The minimum absolute atomic E-state index is 0.918. The average molecular weight is 220 g/mol. The van der Waals surface area contributed by atoms with Crippen LogP contribution in [0.2, 0.25) is 0 Å². The first-order valence-electron chi connectivity index (χ1n) is 5.62. The van der Waals surface area contributed by atoms with Crippen molar-refractivity contribution in [2.75, 3.05) is 0 Å². The molecule has 0 N–H and O–H groups in total. The highest BCUT2D eigenvalue weighted by Crippen LogP contribution is 2.19. The molecule has 0 aliphatic carbocycles. The fraction of sp³-hybridized carbons (Fsp3) is 0.0667. The van der Waals surface area contributed by atoms with Gasteiger partial charge < -0.3 is 0 Å². The summed E-state index contributed by atoms with van der Waals surface area (Å²) in [6.07, 6.45) is 1.83. The maximum atomic E-state index is 4.62. The first-order chi connectivity index (χ1) is 8.33. The monoisotopic (exact) mass is 220 g/mol. The molecule has 0 atom stereocenters. The van der Waals surface area contributed by atoms with Crippen molar-refractivity contribution < 1.29 is 0 Å².